The first-order valence-corrected chi connectivity index (χ1v) is 9.74. The lowest BCUT2D eigenvalue weighted by Crippen LogP contribution is -2.43. The number of aryl methyl sites for hydroxylation is 1. The van der Waals surface area contributed by atoms with E-state index in [0.29, 0.717) is 29.4 Å². The van der Waals surface area contributed by atoms with Crippen molar-refractivity contribution in [2.24, 2.45) is 0 Å². The van der Waals surface area contributed by atoms with Crippen LogP contribution in [0.4, 0.5) is 0 Å². The lowest BCUT2D eigenvalue weighted by Gasteiger charge is -2.21. The molecule has 0 bridgehead atoms. The third-order valence-corrected chi connectivity index (χ3v) is 3.95. The summed E-state index contributed by atoms with van der Waals surface area (Å²) in [5.41, 5.74) is 3.94. The van der Waals surface area contributed by atoms with Crippen molar-refractivity contribution in [2.75, 3.05) is 18.6 Å². The molecule has 0 unspecified atom stereocenters. The summed E-state index contributed by atoms with van der Waals surface area (Å²) in [6.07, 6.45) is 0.758. The second-order valence-corrected chi connectivity index (χ2v) is 7.66. The summed E-state index contributed by atoms with van der Waals surface area (Å²) in [7, 11) is 0. The molecule has 0 aliphatic carbocycles. The Bertz CT molecular complexity index is 854. The zero-order valence-electron chi connectivity index (χ0n) is 17.1. The summed E-state index contributed by atoms with van der Waals surface area (Å²) in [5, 5.41) is 9.82. The molecule has 0 aliphatic heterocycles. The Kier molecular flexibility index (Phi) is 7.45. The van der Waals surface area contributed by atoms with Gasteiger partial charge >= 0.3 is 0 Å². The maximum Gasteiger partial charge on any atom is 0.258 e. The van der Waals surface area contributed by atoms with Crippen molar-refractivity contribution in [3.05, 3.63) is 34.4 Å². The van der Waals surface area contributed by atoms with Crippen molar-refractivity contribution in [1.82, 2.24) is 20.2 Å². The molecule has 0 spiro atoms. The molecule has 1 heterocycles. The van der Waals surface area contributed by atoms with Gasteiger partial charge in [-0.05, 0) is 57.6 Å². The van der Waals surface area contributed by atoms with Gasteiger partial charge in [0.2, 0.25) is 4.77 Å². The number of carbonyl (C=O) groups is 1. The number of amides is 1. The summed E-state index contributed by atoms with van der Waals surface area (Å²) < 4.78 is 13.6. The van der Waals surface area contributed by atoms with Gasteiger partial charge in [0.25, 0.3) is 5.91 Å². The summed E-state index contributed by atoms with van der Waals surface area (Å²) in [6, 6.07) is 5.62. The fourth-order valence-corrected chi connectivity index (χ4v) is 2.76. The Morgan fingerprint density at radius 1 is 1.25 bits per heavy atom. The zero-order chi connectivity index (χ0) is 20.7. The Labute approximate surface area is 170 Å². The molecule has 154 valence electrons. The summed E-state index contributed by atoms with van der Waals surface area (Å²) >= 11 is 5.24. The van der Waals surface area contributed by atoms with Gasteiger partial charge < -0.3 is 20.2 Å². The van der Waals surface area contributed by atoms with Crippen LogP contribution in [0, 0.1) is 4.77 Å². The zero-order valence-corrected chi connectivity index (χ0v) is 17.9. The van der Waals surface area contributed by atoms with E-state index in [4.69, 9.17) is 21.7 Å². The van der Waals surface area contributed by atoms with Gasteiger partial charge in [0.15, 0.2) is 23.9 Å². The lowest BCUT2D eigenvalue weighted by atomic mass is 10.1. The quantitative estimate of drug-likeness (QED) is 0.554. The van der Waals surface area contributed by atoms with E-state index in [0.717, 1.165) is 17.8 Å². The van der Waals surface area contributed by atoms with Crippen molar-refractivity contribution in [2.45, 2.75) is 53.1 Å². The van der Waals surface area contributed by atoms with Crippen LogP contribution >= 0.6 is 12.2 Å². The fourth-order valence-electron chi connectivity index (χ4n) is 2.55. The number of nitrogens with one attached hydrogen (secondary N) is 3. The highest BCUT2D eigenvalue weighted by molar-refractivity contribution is 7.71. The number of aromatic amines is 1. The topological polar surface area (TPSA) is 93.2 Å². The molecule has 1 aromatic carbocycles. The normalized spacial score (nSPS) is 11.2. The lowest BCUT2D eigenvalue weighted by molar-refractivity contribution is -0.124. The van der Waals surface area contributed by atoms with E-state index in [9.17, 15) is 4.79 Å². The minimum atomic E-state index is -0.301. The maximum atomic E-state index is 12.0. The van der Waals surface area contributed by atoms with E-state index >= 15 is 0 Å². The molecule has 0 fully saturated rings. The predicted molar refractivity (Wildman–Crippen MR) is 111 cm³/mol. The molecule has 9 heteroatoms. The Balaban J connectivity index is 2.06. The standard InChI is InChI=1S/C19H29N5O3S/c1-6-16-22-23-18(28)24(16)20-11-13-8-9-14(15(10-13)26-7-2)27-12-17(25)21-19(3,4)5/h8-10,20H,6-7,11-12H2,1-5H3,(H,21,25)(H,23,28). The number of hydrogen-bond donors (Lipinski definition) is 3. The molecule has 1 aromatic heterocycles. The summed E-state index contributed by atoms with van der Waals surface area (Å²) in [6.45, 7) is 10.6. The van der Waals surface area contributed by atoms with Crippen LogP contribution in [0.25, 0.3) is 0 Å². The molecule has 28 heavy (non-hydrogen) atoms. The number of nitrogens with zero attached hydrogens (tertiary/aromatic N) is 2. The third kappa shape index (κ3) is 6.26. The van der Waals surface area contributed by atoms with Crippen molar-refractivity contribution in [3.63, 3.8) is 0 Å². The predicted octanol–water partition coefficient (Wildman–Crippen LogP) is 2.94. The number of benzene rings is 1. The number of carbonyl (C=O) groups excluding carboxylic acids is 1. The smallest absolute Gasteiger partial charge is 0.258 e. The molecule has 1 amide bonds. The molecule has 0 saturated heterocycles. The Hall–Kier alpha value is -2.55. The average molecular weight is 408 g/mol. The van der Waals surface area contributed by atoms with Crippen LogP contribution in [0.1, 0.15) is 46.0 Å². The molecule has 0 aliphatic rings. The fraction of sp³-hybridized carbons (Fsp3) is 0.526. The van der Waals surface area contributed by atoms with E-state index < -0.39 is 0 Å². The van der Waals surface area contributed by atoms with Crippen LogP contribution in [-0.4, -0.2) is 39.5 Å². The molecule has 8 nitrogen and oxygen atoms in total. The molecule has 2 aromatic rings. The highest BCUT2D eigenvalue weighted by Gasteiger charge is 2.15. The van der Waals surface area contributed by atoms with Crippen LogP contribution in [-0.2, 0) is 17.8 Å². The molecule has 0 radical (unpaired) electrons. The molecule has 3 N–H and O–H groups in total. The molecule has 0 saturated carbocycles. The van der Waals surface area contributed by atoms with Crippen molar-refractivity contribution < 1.29 is 14.3 Å². The van der Waals surface area contributed by atoms with Gasteiger partial charge in [0, 0.05) is 12.0 Å². The van der Waals surface area contributed by atoms with Crippen molar-refractivity contribution >= 4 is 18.1 Å². The molecular weight excluding hydrogens is 378 g/mol. The first-order valence-electron chi connectivity index (χ1n) is 9.33. The molecule has 0 atom stereocenters. The average Bonchev–Trinajstić information content (AvgIpc) is 2.97. The second-order valence-electron chi connectivity index (χ2n) is 7.27. The van der Waals surface area contributed by atoms with Crippen LogP contribution < -0.4 is 20.2 Å². The summed E-state index contributed by atoms with van der Waals surface area (Å²) in [4.78, 5) is 12.0. The van der Waals surface area contributed by atoms with Gasteiger partial charge in [-0.15, -0.1) is 0 Å². The van der Waals surface area contributed by atoms with Gasteiger partial charge in [-0.3, -0.25) is 9.89 Å². The van der Waals surface area contributed by atoms with Crippen LogP contribution in [0.2, 0.25) is 0 Å². The van der Waals surface area contributed by atoms with E-state index in [2.05, 4.69) is 20.9 Å². The van der Waals surface area contributed by atoms with E-state index in [-0.39, 0.29) is 18.1 Å². The van der Waals surface area contributed by atoms with Gasteiger partial charge in [0.05, 0.1) is 13.2 Å². The largest absolute Gasteiger partial charge is 0.490 e. The number of hydrogen-bond acceptors (Lipinski definition) is 6. The van der Waals surface area contributed by atoms with Crippen molar-refractivity contribution in [1.29, 1.82) is 0 Å². The SMILES string of the molecule is CCOc1cc(CNn2c(CC)n[nH]c2=S)ccc1OCC(=O)NC(C)(C)C. The molecular formula is C19H29N5O3S. The minimum Gasteiger partial charge on any atom is -0.490 e. The van der Waals surface area contributed by atoms with Crippen molar-refractivity contribution in [3.8, 4) is 11.5 Å². The van der Waals surface area contributed by atoms with Gasteiger partial charge in [-0.25, -0.2) is 4.68 Å². The monoisotopic (exact) mass is 407 g/mol. The minimum absolute atomic E-state index is 0.0705. The first kappa shape index (κ1) is 21.7. The maximum absolute atomic E-state index is 12.0. The van der Waals surface area contributed by atoms with Crippen LogP contribution in [0.5, 0.6) is 11.5 Å². The number of rotatable bonds is 9. The van der Waals surface area contributed by atoms with Gasteiger partial charge in [-0.2, -0.15) is 5.10 Å². The second kappa shape index (κ2) is 9.59. The number of H-pyrrole nitrogens is 1. The van der Waals surface area contributed by atoms with Gasteiger partial charge in [0.1, 0.15) is 0 Å². The van der Waals surface area contributed by atoms with E-state index in [1.807, 2.05) is 52.8 Å². The molecule has 2 rings (SSSR count). The summed E-state index contributed by atoms with van der Waals surface area (Å²) in [5.74, 6) is 1.78. The van der Waals surface area contributed by atoms with Crippen LogP contribution in [0.3, 0.4) is 0 Å². The number of ether oxygens (including phenoxy) is 2. The highest BCUT2D eigenvalue weighted by atomic mass is 32.1. The Morgan fingerprint density at radius 2 is 2.00 bits per heavy atom. The first-order chi connectivity index (χ1) is 13.2. The highest BCUT2D eigenvalue weighted by Crippen LogP contribution is 2.28. The van der Waals surface area contributed by atoms with Gasteiger partial charge in [-0.1, -0.05) is 13.0 Å². The Morgan fingerprint density at radius 3 is 2.64 bits per heavy atom. The third-order valence-electron chi connectivity index (χ3n) is 3.68. The van der Waals surface area contributed by atoms with Crippen LogP contribution in [0.15, 0.2) is 18.2 Å². The van der Waals surface area contributed by atoms with E-state index in [1.165, 1.54) is 0 Å². The number of aromatic nitrogens is 3. The van der Waals surface area contributed by atoms with E-state index in [1.54, 1.807) is 4.68 Å².